The van der Waals surface area contributed by atoms with Gasteiger partial charge in [-0.2, -0.15) is 18.4 Å². The van der Waals surface area contributed by atoms with Crippen LogP contribution in [0, 0.1) is 11.3 Å². The maximum absolute atomic E-state index is 13.5. The molecule has 34 heavy (non-hydrogen) atoms. The first kappa shape index (κ1) is 24.9. The number of morpholine rings is 1. The lowest BCUT2D eigenvalue weighted by molar-refractivity contribution is -0.141. The highest BCUT2D eigenvalue weighted by molar-refractivity contribution is 5.68. The number of alkyl halides is 3. The second-order valence-corrected chi connectivity index (χ2v) is 8.31. The van der Waals surface area contributed by atoms with E-state index in [0.717, 1.165) is 6.07 Å². The van der Waals surface area contributed by atoms with Crippen LogP contribution in [-0.4, -0.2) is 69.1 Å². The average molecular weight is 480 g/mol. The fourth-order valence-electron chi connectivity index (χ4n) is 2.94. The minimum absolute atomic E-state index is 0.0190. The molecule has 0 unspecified atom stereocenters. The van der Waals surface area contributed by atoms with E-state index < -0.39 is 29.7 Å². The van der Waals surface area contributed by atoms with E-state index in [1.807, 2.05) is 6.07 Å². The summed E-state index contributed by atoms with van der Waals surface area (Å²) < 4.78 is 51.3. The van der Waals surface area contributed by atoms with E-state index in [4.69, 9.17) is 14.7 Å². The van der Waals surface area contributed by atoms with E-state index in [1.165, 1.54) is 17.3 Å². The molecule has 3 rings (SSSR count). The molecule has 1 aliphatic rings. The van der Waals surface area contributed by atoms with Gasteiger partial charge in [0.05, 0.1) is 37.3 Å². The molecule has 2 aromatic heterocycles. The van der Waals surface area contributed by atoms with Crippen molar-refractivity contribution in [2.24, 2.45) is 0 Å². The van der Waals surface area contributed by atoms with Gasteiger partial charge in [-0.3, -0.25) is 0 Å². The molecule has 0 spiro atoms. The van der Waals surface area contributed by atoms with Crippen molar-refractivity contribution >= 4 is 23.4 Å². The van der Waals surface area contributed by atoms with Crippen molar-refractivity contribution < 1.29 is 27.4 Å². The van der Waals surface area contributed by atoms with Gasteiger partial charge in [-0.25, -0.2) is 14.8 Å². The molecule has 14 heteroatoms. The first-order chi connectivity index (χ1) is 15.9. The van der Waals surface area contributed by atoms with Crippen LogP contribution in [-0.2, 0) is 15.7 Å². The summed E-state index contributed by atoms with van der Waals surface area (Å²) in [5.41, 5.74) is -2.12. The van der Waals surface area contributed by atoms with Crippen LogP contribution in [0.5, 0.6) is 0 Å². The number of nitrogens with zero attached hydrogens (tertiary/aromatic N) is 6. The van der Waals surface area contributed by atoms with Gasteiger partial charge in [0.2, 0.25) is 0 Å². The Morgan fingerprint density at radius 2 is 2.03 bits per heavy atom. The SMILES string of the molecule is CC(C)(C)OC(=O)N1CCO[C@@H](CNc2cc(Nc3cnc(C#N)cn3)nnc2C(F)(F)F)C1. The standard InChI is InChI=1S/C20H23F3N8O3/c1-19(2,3)34-18(32)31-4-5-33-13(11-31)9-26-14-6-15(29-30-17(14)20(21,22)23)28-16-10-25-12(7-24)8-27-16/h6,8,10,13H,4-5,9,11H2,1-3H3,(H2,26,27,28,29)/t13-/m0/s1. The van der Waals surface area contributed by atoms with Crippen LogP contribution in [0.1, 0.15) is 32.2 Å². The number of amides is 1. The summed E-state index contributed by atoms with van der Waals surface area (Å²) in [6.07, 6.45) is -3.39. The zero-order chi connectivity index (χ0) is 24.9. The molecule has 3 heterocycles. The highest BCUT2D eigenvalue weighted by Gasteiger charge is 2.37. The largest absolute Gasteiger partial charge is 0.444 e. The first-order valence-corrected chi connectivity index (χ1v) is 10.2. The average Bonchev–Trinajstić information content (AvgIpc) is 2.76. The number of halogens is 3. The van der Waals surface area contributed by atoms with Crippen LogP contribution >= 0.6 is 0 Å². The number of ether oxygens (including phenoxy) is 2. The molecular weight excluding hydrogens is 457 g/mol. The van der Waals surface area contributed by atoms with E-state index in [0.29, 0.717) is 6.54 Å². The quantitative estimate of drug-likeness (QED) is 0.657. The molecule has 11 nitrogen and oxygen atoms in total. The van der Waals surface area contributed by atoms with Crippen molar-refractivity contribution in [1.29, 1.82) is 5.26 Å². The zero-order valence-electron chi connectivity index (χ0n) is 18.7. The lowest BCUT2D eigenvalue weighted by Crippen LogP contribution is -2.49. The molecular formula is C20H23F3N8O3. The Morgan fingerprint density at radius 1 is 1.26 bits per heavy atom. The molecule has 0 aliphatic carbocycles. The van der Waals surface area contributed by atoms with Gasteiger partial charge in [0, 0.05) is 19.2 Å². The molecule has 0 aromatic carbocycles. The Morgan fingerprint density at radius 3 is 2.65 bits per heavy atom. The summed E-state index contributed by atoms with van der Waals surface area (Å²) in [7, 11) is 0. The van der Waals surface area contributed by atoms with Crippen molar-refractivity contribution in [2.45, 2.75) is 38.7 Å². The van der Waals surface area contributed by atoms with E-state index >= 15 is 0 Å². The summed E-state index contributed by atoms with van der Waals surface area (Å²) in [5, 5.41) is 21.0. The number of hydrogen-bond acceptors (Lipinski definition) is 10. The van der Waals surface area contributed by atoms with Crippen molar-refractivity contribution in [2.75, 3.05) is 36.9 Å². The van der Waals surface area contributed by atoms with Gasteiger partial charge in [-0.15, -0.1) is 10.2 Å². The lowest BCUT2D eigenvalue weighted by Gasteiger charge is -2.34. The second-order valence-electron chi connectivity index (χ2n) is 8.31. The van der Waals surface area contributed by atoms with Gasteiger partial charge in [0.25, 0.3) is 0 Å². The van der Waals surface area contributed by atoms with Crippen molar-refractivity contribution in [3.8, 4) is 6.07 Å². The topological polar surface area (TPSA) is 138 Å². The highest BCUT2D eigenvalue weighted by Crippen LogP contribution is 2.34. The predicted molar refractivity (Wildman–Crippen MR) is 113 cm³/mol. The van der Waals surface area contributed by atoms with Gasteiger partial charge in [0.15, 0.2) is 17.2 Å². The van der Waals surface area contributed by atoms with Gasteiger partial charge < -0.3 is 25.0 Å². The maximum Gasteiger partial charge on any atom is 0.437 e. The number of hydrogen-bond donors (Lipinski definition) is 2. The third-order valence-corrected chi connectivity index (χ3v) is 4.40. The fourth-order valence-corrected chi connectivity index (χ4v) is 2.94. The third-order valence-electron chi connectivity index (χ3n) is 4.40. The molecule has 182 valence electrons. The minimum atomic E-state index is -4.75. The number of anilines is 3. The molecule has 2 aromatic rings. The second kappa shape index (κ2) is 10.0. The van der Waals surface area contributed by atoms with Crippen molar-refractivity contribution in [3.05, 3.63) is 29.8 Å². The molecule has 1 saturated heterocycles. The normalized spacial score (nSPS) is 16.5. The van der Waals surface area contributed by atoms with Crippen molar-refractivity contribution in [3.63, 3.8) is 0 Å². The van der Waals surface area contributed by atoms with Crippen LogP contribution in [0.3, 0.4) is 0 Å². The first-order valence-electron chi connectivity index (χ1n) is 10.2. The summed E-state index contributed by atoms with van der Waals surface area (Å²) in [4.78, 5) is 21.5. The van der Waals surface area contributed by atoms with Crippen LogP contribution in [0.25, 0.3) is 0 Å². The maximum atomic E-state index is 13.5. The molecule has 1 aliphatic heterocycles. The Bertz CT molecular complexity index is 1050. The summed E-state index contributed by atoms with van der Waals surface area (Å²) in [6.45, 7) is 5.89. The molecule has 2 N–H and O–H groups in total. The molecule has 1 fully saturated rings. The molecule has 0 radical (unpaired) electrons. The monoisotopic (exact) mass is 480 g/mol. The van der Waals surface area contributed by atoms with Crippen LogP contribution < -0.4 is 10.6 Å². The summed E-state index contributed by atoms with van der Waals surface area (Å²) in [6, 6.07) is 2.94. The van der Waals surface area contributed by atoms with Crippen LogP contribution in [0.15, 0.2) is 18.5 Å². The molecule has 0 saturated carbocycles. The van der Waals surface area contributed by atoms with Crippen molar-refractivity contribution in [1.82, 2.24) is 25.1 Å². The van der Waals surface area contributed by atoms with E-state index in [1.54, 1.807) is 20.8 Å². The minimum Gasteiger partial charge on any atom is -0.444 e. The predicted octanol–water partition coefficient (Wildman–Crippen LogP) is 2.95. The van der Waals surface area contributed by atoms with Gasteiger partial charge in [0.1, 0.15) is 17.5 Å². The number of aromatic nitrogens is 4. The van der Waals surface area contributed by atoms with Gasteiger partial charge >= 0.3 is 12.3 Å². The Balaban J connectivity index is 1.71. The Labute approximate surface area is 193 Å². The van der Waals surface area contributed by atoms with Gasteiger partial charge in [-0.05, 0) is 20.8 Å². The Hall–Kier alpha value is -3.73. The highest BCUT2D eigenvalue weighted by atomic mass is 19.4. The van der Waals surface area contributed by atoms with E-state index in [2.05, 4.69) is 30.8 Å². The number of nitriles is 1. The molecule has 0 bridgehead atoms. The van der Waals surface area contributed by atoms with Crippen LogP contribution in [0.2, 0.25) is 0 Å². The van der Waals surface area contributed by atoms with E-state index in [-0.39, 0.29) is 42.7 Å². The number of nitrogens with one attached hydrogen (secondary N) is 2. The van der Waals surface area contributed by atoms with Gasteiger partial charge in [-0.1, -0.05) is 0 Å². The molecule has 1 amide bonds. The number of rotatable bonds is 5. The number of carbonyl (C=O) groups excluding carboxylic acids is 1. The molecule has 1 atom stereocenters. The number of carbonyl (C=O) groups is 1. The fraction of sp³-hybridized carbons (Fsp3) is 0.500. The Kier molecular flexibility index (Phi) is 7.35. The third kappa shape index (κ3) is 6.88. The summed E-state index contributed by atoms with van der Waals surface area (Å²) >= 11 is 0. The summed E-state index contributed by atoms with van der Waals surface area (Å²) in [5.74, 6) is 0.150. The lowest BCUT2D eigenvalue weighted by atomic mass is 10.2. The zero-order valence-corrected chi connectivity index (χ0v) is 18.7. The smallest absolute Gasteiger partial charge is 0.437 e. The van der Waals surface area contributed by atoms with E-state index in [9.17, 15) is 18.0 Å². The van der Waals surface area contributed by atoms with Crippen LogP contribution in [0.4, 0.5) is 35.3 Å².